The van der Waals surface area contributed by atoms with Crippen molar-refractivity contribution in [2.45, 2.75) is 0 Å². The van der Waals surface area contributed by atoms with Crippen LogP contribution in [0.1, 0.15) is 0 Å². The summed E-state index contributed by atoms with van der Waals surface area (Å²) in [6, 6.07) is 5.77. The summed E-state index contributed by atoms with van der Waals surface area (Å²) in [5.74, 6) is -0.486. The second kappa shape index (κ2) is 11.3. The highest BCUT2D eigenvalue weighted by molar-refractivity contribution is 6.32. The first-order chi connectivity index (χ1) is 10.0. The number of rotatable bonds is 2. The lowest BCUT2D eigenvalue weighted by Gasteiger charge is -1.83. The van der Waals surface area contributed by atoms with Crippen LogP contribution in [0.4, 0.5) is 0 Å². The predicted octanol–water partition coefficient (Wildman–Crippen LogP) is -1.78. The van der Waals surface area contributed by atoms with Crippen molar-refractivity contribution in [1.29, 1.82) is 0 Å². The van der Waals surface area contributed by atoms with Gasteiger partial charge in [0.15, 0.2) is 11.5 Å². The van der Waals surface area contributed by atoms with Gasteiger partial charge in [0.1, 0.15) is 0 Å². The fourth-order valence-electron chi connectivity index (χ4n) is 0.853. The highest BCUT2D eigenvalue weighted by atomic mass is 16.5. The fraction of sp³-hybridized carbons (Fsp3) is 0. The number of H-pyrrole nitrogens is 2. The zero-order valence-electron chi connectivity index (χ0n) is 10.6. The molecule has 0 fully saturated rings. The van der Waals surface area contributed by atoms with Crippen molar-refractivity contribution in [3.05, 3.63) is 57.4 Å². The van der Waals surface area contributed by atoms with E-state index in [4.69, 9.17) is 20.3 Å². The van der Waals surface area contributed by atoms with Gasteiger partial charge in [-0.05, 0) is 24.3 Å². The van der Waals surface area contributed by atoms with Crippen LogP contribution < -0.4 is 11.1 Å². The van der Waals surface area contributed by atoms with Crippen LogP contribution in [0.2, 0.25) is 0 Å². The summed E-state index contributed by atoms with van der Waals surface area (Å²) in [5, 5.41) is 32.2. The van der Waals surface area contributed by atoms with Crippen LogP contribution >= 0.6 is 0 Å². The van der Waals surface area contributed by atoms with E-state index in [1.54, 1.807) is 12.1 Å². The van der Waals surface area contributed by atoms with E-state index >= 15 is 0 Å². The molecule has 0 aromatic carbocycles. The fourth-order valence-corrected chi connectivity index (χ4v) is 0.853. The molecule has 0 atom stereocenters. The Morgan fingerprint density at radius 1 is 0.857 bits per heavy atom. The van der Waals surface area contributed by atoms with Crippen molar-refractivity contribution in [2.75, 3.05) is 0 Å². The number of nitrogens with one attached hydrogen (secondary N) is 2. The van der Waals surface area contributed by atoms with Gasteiger partial charge in [0.2, 0.25) is 0 Å². The summed E-state index contributed by atoms with van der Waals surface area (Å²) in [6.07, 6.45) is 2.92. The summed E-state index contributed by atoms with van der Waals surface area (Å²) >= 11 is 0. The zero-order chi connectivity index (χ0) is 16.1. The van der Waals surface area contributed by atoms with E-state index in [0.29, 0.717) is 15.4 Å². The molecule has 0 aliphatic rings. The molecule has 0 bridgehead atoms. The number of aromatic amines is 2. The third-order valence-corrected chi connectivity index (χ3v) is 1.72. The van der Waals surface area contributed by atoms with Crippen molar-refractivity contribution in [1.82, 2.24) is 9.97 Å². The molecule has 110 valence electrons. The van der Waals surface area contributed by atoms with Gasteiger partial charge >= 0.3 is 15.4 Å². The largest absolute Gasteiger partial charge is 0.503 e. The molecule has 0 aliphatic carbocycles. The smallest absolute Gasteiger partial charge is 0.469 e. The molecule has 0 aliphatic heterocycles. The Labute approximate surface area is 120 Å². The van der Waals surface area contributed by atoms with Gasteiger partial charge in [0.25, 0.3) is 11.1 Å². The lowest BCUT2D eigenvalue weighted by Crippen LogP contribution is -2.01. The van der Waals surface area contributed by atoms with Gasteiger partial charge in [0.05, 0.1) is 0 Å². The third-order valence-electron chi connectivity index (χ3n) is 1.72. The summed E-state index contributed by atoms with van der Waals surface area (Å²) in [6.45, 7) is 0. The number of hydrogen-bond donors (Lipinski definition) is 6. The lowest BCUT2D eigenvalue weighted by molar-refractivity contribution is 0.408. The van der Waals surface area contributed by atoms with Crippen molar-refractivity contribution in [3.8, 4) is 11.5 Å². The maximum atomic E-state index is 10.3. The minimum absolute atomic E-state index is 0.243. The summed E-state index contributed by atoms with van der Waals surface area (Å²) in [4.78, 5) is 25.2. The molecule has 0 saturated carbocycles. The normalized spacial score (nSPS) is 8.48. The summed E-state index contributed by atoms with van der Waals surface area (Å²) in [5.41, 5.74) is -0.903. The molecule has 2 radical (unpaired) electrons. The molecular formula is C10H12B2N2O7. The van der Waals surface area contributed by atoms with Crippen molar-refractivity contribution in [3.63, 3.8) is 0 Å². The minimum atomic E-state index is -0.451. The van der Waals surface area contributed by atoms with Gasteiger partial charge in [-0.1, -0.05) is 0 Å². The highest BCUT2D eigenvalue weighted by Gasteiger charge is 1.87. The Kier molecular flexibility index (Phi) is 10.0. The molecule has 2 heterocycles. The van der Waals surface area contributed by atoms with E-state index in [0.717, 1.165) is 0 Å². The SMILES string of the molecule is O=c1[nH]cccc1O.O=c1[nH]cccc1O.O[B]O[B]O. The Bertz CT molecular complexity index is 563. The molecule has 9 nitrogen and oxygen atoms in total. The molecular weight excluding hydrogens is 282 g/mol. The minimum Gasteiger partial charge on any atom is -0.503 e. The Hall–Kier alpha value is -2.49. The molecule has 2 aromatic heterocycles. The first kappa shape index (κ1) is 18.5. The number of aromatic nitrogens is 2. The monoisotopic (exact) mass is 294 g/mol. The Morgan fingerprint density at radius 3 is 1.38 bits per heavy atom. The maximum Gasteiger partial charge on any atom is 0.469 e. The van der Waals surface area contributed by atoms with E-state index < -0.39 is 11.1 Å². The molecule has 0 saturated heterocycles. The van der Waals surface area contributed by atoms with Crippen molar-refractivity contribution >= 4 is 15.4 Å². The Morgan fingerprint density at radius 2 is 1.24 bits per heavy atom. The summed E-state index contributed by atoms with van der Waals surface area (Å²) in [7, 11) is 0.750. The number of aromatic hydroxyl groups is 2. The first-order valence-electron chi connectivity index (χ1n) is 5.33. The van der Waals surface area contributed by atoms with E-state index in [1.165, 1.54) is 24.5 Å². The quantitative estimate of drug-likeness (QED) is 0.357. The second-order valence-corrected chi connectivity index (χ2v) is 3.12. The topological polar surface area (TPSA) is 156 Å². The van der Waals surface area contributed by atoms with Crippen molar-refractivity contribution in [2.24, 2.45) is 0 Å². The van der Waals surface area contributed by atoms with Gasteiger partial charge in [-0.3, -0.25) is 9.59 Å². The highest BCUT2D eigenvalue weighted by Crippen LogP contribution is 1.92. The molecule has 21 heavy (non-hydrogen) atoms. The van der Waals surface area contributed by atoms with E-state index in [-0.39, 0.29) is 11.5 Å². The summed E-state index contributed by atoms with van der Waals surface area (Å²) < 4.78 is 3.69. The van der Waals surface area contributed by atoms with Crippen LogP contribution in [0, 0.1) is 0 Å². The molecule has 0 unspecified atom stereocenters. The average molecular weight is 294 g/mol. The van der Waals surface area contributed by atoms with Gasteiger partial charge in [-0.25, -0.2) is 0 Å². The third kappa shape index (κ3) is 9.10. The zero-order valence-corrected chi connectivity index (χ0v) is 10.6. The van der Waals surface area contributed by atoms with Crippen LogP contribution in [0.3, 0.4) is 0 Å². The standard InChI is InChI=1S/2C5H5NO2.B2H2O3/c2*7-4-2-1-3-6-5(4)8;3-1-5-2-4/h2*1-3,7H,(H,6,8);3-4H. The molecule has 2 aromatic rings. The predicted molar refractivity (Wildman–Crippen MR) is 74.5 cm³/mol. The van der Waals surface area contributed by atoms with Crippen LogP contribution in [0.5, 0.6) is 11.5 Å². The van der Waals surface area contributed by atoms with Gasteiger partial charge < -0.3 is 34.8 Å². The molecule has 2 rings (SSSR count). The van der Waals surface area contributed by atoms with Crippen LogP contribution in [-0.2, 0) is 4.57 Å². The molecule has 6 N–H and O–H groups in total. The van der Waals surface area contributed by atoms with Crippen LogP contribution in [-0.4, -0.2) is 45.6 Å². The van der Waals surface area contributed by atoms with Gasteiger partial charge in [-0.15, -0.1) is 0 Å². The second-order valence-electron chi connectivity index (χ2n) is 3.12. The Balaban J connectivity index is 0.000000296. The van der Waals surface area contributed by atoms with Crippen LogP contribution in [0.15, 0.2) is 46.2 Å². The average Bonchev–Trinajstić information content (AvgIpc) is 2.48. The lowest BCUT2D eigenvalue weighted by atomic mass is 10.3. The number of hydrogen-bond acceptors (Lipinski definition) is 7. The van der Waals surface area contributed by atoms with Gasteiger partial charge in [0, 0.05) is 12.4 Å². The van der Waals surface area contributed by atoms with E-state index in [9.17, 15) is 9.59 Å². The van der Waals surface area contributed by atoms with Gasteiger partial charge in [-0.2, -0.15) is 0 Å². The van der Waals surface area contributed by atoms with E-state index in [1.807, 2.05) is 0 Å². The van der Waals surface area contributed by atoms with Crippen LogP contribution in [0.25, 0.3) is 0 Å². The molecule has 0 spiro atoms. The first-order valence-corrected chi connectivity index (χ1v) is 5.33. The number of pyridine rings is 2. The van der Waals surface area contributed by atoms with E-state index in [2.05, 4.69) is 14.5 Å². The molecule has 11 heteroatoms. The maximum absolute atomic E-state index is 10.3. The molecule has 0 amide bonds. The van der Waals surface area contributed by atoms with Crippen molar-refractivity contribution < 1.29 is 24.8 Å².